The first-order chi connectivity index (χ1) is 11.1. The summed E-state index contributed by atoms with van der Waals surface area (Å²) >= 11 is 1.62. The summed E-state index contributed by atoms with van der Waals surface area (Å²) in [6, 6.07) is 4.07. The van der Waals surface area contributed by atoms with Crippen LogP contribution >= 0.6 is 11.3 Å². The van der Waals surface area contributed by atoms with E-state index in [4.69, 9.17) is 4.74 Å². The average molecular weight is 329 g/mol. The number of aromatic nitrogens is 5. The number of thiazole rings is 1. The maximum absolute atomic E-state index is 6.25. The number of hydrogen-bond acceptors (Lipinski definition) is 6. The number of hydrogen-bond donors (Lipinski definition) is 0. The number of aryl methyl sites for hydroxylation is 3. The predicted octanol–water partition coefficient (Wildman–Crippen LogP) is 3.48. The summed E-state index contributed by atoms with van der Waals surface area (Å²) in [4.78, 5) is 5.83. The molecule has 1 atom stereocenters. The Balaban J connectivity index is 1.91. The summed E-state index contributed by atoms with van der Waals surface area (Å²) in [6.07, 6.45) is 2.67. The van der Waals surface area contributed by atoms with E-state index in [2.05, 4.69) is 27.3 Å². The zero-order chi connectivity index (χ0) is 16.4. The Morgan fingerprint density at radius 2 is 2.00 bits per heavy atom. The molecule has 0 saturated carbocycles. The van der Waals surface area contributed by atoms with Crippen LogP contribution in [0.5, 0.6) is 5.75 Å². The first-order valence-corrected chi connectivity index (χ1v) is 8.38. The van der Waals surface area contributed by atoms with Crippen molar-refractivity contribution in [2.45, 2.75) is 33.3 Å². The zero-order valence-corrected chi connectivity index (χ0v) is 14.5. The summed E-state index contributed by atoms with van der Waals surface area (Å²) < 4.78 is 6.25. The van der Waals surface area contributed by atoms with Crippen LogP contribution in [0.15, 0.2) is 23.7 Å². The molecule has 2 aromatic heterocycles. The average Bonchev–Trinajstić information content (AvgIpc) is 3.18. The second-order valence-electron chi connectivity index (χ2n) is 5.43. The van der Waals surface area contributed by atoms with E-state index in [-0.39, 0.29) is 6.10 Å². The van der Waals surface area contributed by atoms with Crippen LogP contribution in [-0.4, -0.2) is 25.2 Å². The Bertz CT molecular complexity index is 774. The van der Waals surface area contributed by atoms with Crippen LogP contribution in [0.3, 0.4) is 0 Å². The summed E-state index contributed by atoms with van der Waals surface area (Å²) in [6.45, 7) is 6.18. The molecular weight excluding hydrogens is 310 g/mol. The lowest BCUT2D eigenvalue weighted by Gasteiger charge is -2.19. The second-order valence-corrected chi connectivity index (χ2v) is 6.35. The van der Waals surface area contributed by atoms with Crippen molar-refractivity contribution in [2.24, 2.45) is 7.05 Å². The molecule has 0 radical (unpaired) electrons. The third-order valence-electron chi connectivity index (χ3n) is 3.58. The van der Waals surface area contributed by atoms with Gasteiger partial charge in [0.25, 0.3) is 0 Å². The standard InChI is InChI=1S/C16H19N5OS/c1-5-13(16-17-6-7-23-16)22-14-10(2)8-12(9-11(14)3)15-18-20-21(4)19-15/h6-9,13H,5H2,1-4H3. The molecule has 0 aliphatic heterocycles. The number of ether oxygens (including phenoxy) is 1. The van der Waals surface area contributed by atoms with E-state index in [1.54, 1.807) is 18.4 Å². The molecule has 1 aromatic carbocycles. The highest BCUT2D eigenvalue weighted by Crippen LogP contribution is 2.33. The van der Waals surface area contributed by atoms with Crippen LogP contribution < -0.4 is 4.74 Å². The molecule has 0 amide bonds. The lowest BCUT2D eigenvalue weighted by molar-refractivity contribution is 0.198. The molecule has 120 valence electrons. The van der Waals surface area contributed by atoms with Gasteiger partial charge in [0.1, 0.15) is 16.9 Å². The zero-order valence-electron chi connectivity index (χ0n) is 13.6. The Morgan fingerprint density at radius 1 is 1.26 bits per heavy atom. The quantitative estimate of drug-likeness (QED) is 0.717. The van der Waals surface area contributed by atoms with Crippen molar-refractivity contribution in [1.82, 2.24) is 25.2 Å². The fraction of sp³-hybridized carbons (Fsp3) is 0.375. The highest BCUT2D eigenvalue weighted by molar-refractivity contribution is 7.09. The molecule has 6 nitrogen and oxygen atoms in total. The molecule has 0 aliphatic rings. The Kier molecular flexibility index (Phi) is 4.38. The van der Waals surface area contributed by atoms with Gasteiger partial charge < -0.3 is 4.74 Å². The number of rotatable bonds is 5. The Morgan fingerprint density at radius 3 is 2.52 bits per heavy atom. The van der Waals surface area contributed by atoms with Crippen LogP contribution in [0.2, 0.25) is 0 Å². The molecule has 0 saturated heterocycles. The highest BCUT2D eigenvalue weighted by Gasteiger charge is 2.18. The molecule has 0 aliphatic carbocycles. The van der Waals surface area contributed by atoms with E-state index >= 15 is 0 Å². The smallest absolute Gasteiger partial charge is 0.204 e. The van der Waals surface area contributed by atoms with Gasteiger partial charge in [-0.1, -0.05) is 6.92 Å². The minimum atomic E-state index is -0.0205. The Hall–Kier alpha value is -2.28. The molecule has 7 heteroatoms. The van der Waals surface area contributed by atoms with Crippen LogP contribution in [0.4, 0.5) is 0 Å². The van der Waals surface area contributed by atoms with E-state index in [1.807, 2.05) is 37.6 Å². The second kappa shape index (κ2) is 6.45. The van der Waals surface area contributed by atoms with Crippen LogP contribution in [0.25, 0.3) is 11.4 Å². The van der Waals surface area contributed by atoms with E-state index in [1.165, 1.54) is 4.80 Å². The van der Waals surface area contributed by atoms with Gasteiger partial charge >= 0.3 is 0 Å². The Labute approximate surface area is 139 Å². The molecule has 23 heavy (non-hydrogen) atoms. The van der Waals surface area contributed by atoms with Crippen molar-refractivity contribution in [2.75, 3.05) is 0 Å². The van der Waals surface area contributed by atoms with Gasteiger partial charge in [-0.05, 0) is 48.7 Å². The highest BCUT2D eigenvalue weighted by atomic mass is 32.1. The number of benzene rings is 1. The normalized spacial score (nSPS) is 12.3. The van der Waals surface area contributed by atoms with Crippen molar-refractivity contribution < 1.29 is 4.74 Å². The molecule has 3 aromatic rings. The fourth-order valence-corrected chi connectivity index (χ4v) is 3.26. The van der Waals surface area contributed by atoms with Crippen LogP contribution in [0, 0.1) is 13.8 Å². The topological polar surface area (TPSA) is 65.7 Å². The van der Waals surface area contributed by atoms with Gasteiger partial charge in [0.15, 0.2) is 0 Å². The summed E-state index contributed by atoms with van der Waals surface area (Å²) in [7, 11) is 1.76. The first-order valence-electron chi connectivity index (χ1n) is 7.50. The minimum absolute atomic E-state index is 0.0205. The van der Waals surface area contributed by atoms with Crippen LogP contribution in [0.1, 0.15) is 35.6 Å². The predicted molar refractivity (Wildman–Crippen MR) is 89.5 cm³/mol. The summed E-state index contributed by atoms with van der Waals surface area (Å²) in [5, 5.41) is 15.2. The van der Waals surface area contributed by atoms with E-state index in [0.717, 1.165) is 33.9 Å². The lowest BCUT2D eigenvalue weighted by atomic mass is 10.0. The van der Waals surface area contributed by atoms with Crippen molar-refractivity contribution in [3.63, 3.8) is 0 Å². The molecular formula is C16H19N5OS. The molecule has 0 bridgehead atoms. The van der Waals surface area contributed by atoms with Gasteiger partial charge in [-0.2, -0.15) is 4.80 Å². The van der Waals surface area contributed by atoms with Gasteiger partial charge in [-0.3, -0.25) is 0 Å². The van der Waals surface area contributed by atoms with Gasteiger partial charge in [-0.15, -0.1) is 21.5 Å². The molecule has 2 heterocycles. The first kappa shape index (κ1) is 15.6. The number of nitrogens with zero attached hydrogens (tertiary/aromatic N) is 5. The summed E-state index contributed by atoms with van der Waals surface area (Å²) in [5.41, 5.74) is 3.06. The third kappa shape index (κ3) is 3.24. The van der Waals surface area contributed by atoms with Crippen molar-refractivity contribution in [1.29, 1.82) is 0 Å². The van der Waals surface area contributed by atoms with Gasteiger partial charge in [0.05, 0.1) is 7.05 Å². The molecule has 1 unspecified atom stereocenters. The monoisotopic (exact) mass is 329 g/mol. The van der Waals surface area contributed by atoms with Crippen molar-refractivity contribution >= 4 is 11.3 Å². The van der Waals surface area contributed by atoms with Crippen molar-refractivity contribution in [3.05, 3.63) is 39.8 Å². The van der Waals surface area contributed by atoms with E-state index in [9.17, 15) is 0 Å². The van der Waals surface area contributed by atoms with Gasteiger partial charge in [0, 0.05) is 17.1 Å². The molecule has 3 rings (SSSR count). The van der Waals surface area contributed by atoms with Crippen molar-refractivity contribution in [3.8, 4) is 17.1 Å². The van der Waals surface area contributed by atoms with Crippen LogP contribution in [-0.2, 0) is 7.05 Å². The minimum Gasteiger partial charge on any atom is -0.483 e. The third-order valence-corrected chi connectivity index (χ3v) is 4.45. The van der Waals surface area contributed by atoms with E-state index in [0.29, 0.717) is 5.82 Å². The molecule has 0 fully saturated rings. The van der Waals surface area contributed by atoms with E-state index < -0.39 is 0 Å². The summed E-state index contributed by atoms with van der Waals surface area (Å²) in [5.74, 6) is 1.52. The lowest BCUT2D eigenvalue weighted by Crippen LogP contribution is -2.08. The maximum Gasteiger partial charge on any atom is 0.204 e. The number of tetrazole rings is 1. The molecule has 0 N–H and O–H groups in total. The van der Waals surface area contributed by atoms with Gasteiger partial charge in [-0.25, -0.2) is 4.98 Å². The molecule has 0 spiro atoms. The SMILES string of the molecule is CCC(Oc1c(C)cc(-c2nnn(C)n2)cc1C)c1nccs1. The van der Waals surface area contributed by atoms with Gasteiger partial charge in [0.2, 0.25) is 5.82 Å². The largest absolute Gasteiger partial charge is 0.483 e. The maximum atomic E-state index is 6.25. The fourth-order valence-electron chi connectivity index (χ4n) is 2.51.